The van der Waals surface area contributed by atoms with Crippen LogP contribution in [-0.4, -0.2) is 51.5 Å². The third kappa shape index (κ3) is 4.86. The number of hydrogen-bond donors (Lipinski definition) is 0. The van der Waals surface area contributed by atoms with Crippen molar-refractivity contribution >= 4 is 23.2 Å². The SMILES string of the molecule is COC(=O)c1c(OCc2ccccn2)cc(=O)n2c1CCN(C(=O)c1csc(C(C)C)n1)CC2. The second-order valence-electron chi connectivity index (χ2n) is 8.19. The molecule has 4 heterocycles. The fourth-order valence-electron chi connectivity index (χ4n) is 3.84. The maximum absolute atomic E-state index is 13.1. The molecule has 0 bridgehead atoms. The molecule has 0 spiro atoms. The van der Waals surface area contributed by atoms with E-state index in [9.17, 15) is 14.4 Å². The number of amides is 1. The molecule has 0 saturated heterocycles. The number of fused-ring (bicyclic) bond motifs is 1. The Kier molecular flexibility index (Phi) is 7.06. The van der Waals surface area contributed by atoms with Crippen LogP contribution in [-0.2, 0) is 24.3 Å². The number of hydrogen-bond acceptors (Lipinski definition) is 8. The van der Waals surface area contributed by atoms with Crippen LogP contribution in [0, 0.1) is 0 Å². The fourth-order valence-corrected chi connectivity index (χ4v) is 4.65. The Morgan fingerprint density at radius 3 is 2.71 bits per heavy atom. The topological polar surface area (TPSA) is 104 Å². The minimum atomic E-state index is -0.597. The lowest BCUT2D eigenvalue weighted by atomic mass is 10.1. The zero-order valence-corrected chi connectivity index (χ0v) is 20.1. The van der Waals surface area contributed by atoms with Crippen molar-refractivity contribution in [2.24, 2.45) is 0 Å². The van der Waals surface area contributed by atoms with E-state index in [0.717, 1.165) is 5.01 Å². The average molecular weight is 483 g/mol. The van der Waals surface area contributed by atoms with Crippen LogP contribution in [0.25, 0.3) is 0 Å². The van der Waals surface area contributed by atoms with Crippen molar-refractivity contribution in [2.75, 3.05) is 20.2 Å². The first-order valence-electron chi connectivity index (χ1n) is 11.0. The second kappa shape index (κ2) is 10.2. The van der Waals surface area contributed by atoms with Crippen LogP contribution in [0.5, 0.6) is 5.75 Å². The van der Waals surface area contributed by atoms with E-state index in [-0.39, 0.29) is 41.8 Å². The number of aromatic nitrogens is 3. The largest absolute Gasteiger partial charge is 0.486 e. The standard InChI is InChI=1S/C24H26N4O5S/c1-15(2)22-26-17(14-34-22)23(30)27-9-7-18-21(24(31)32-3)19(12-20(29)28(18)11-10-27)33-13-16-6-4-5-8-25-16/h4-6,8,12,14-15H,7,9-11,13H2,1-3H3. The minimum Gasteiger partial charge on any atom is -0.486 e. The number of ether oxygens (including phenoxy) is 2. The molecule has 3 aromatic rings. The highest BCUT2D eigenvalue weighted by molar-refractivity contribution is 7.09. The Morgan fingerprint density at radius 1 is 1.21 bits per heavy atom. The van der Waals surface area contributed by atoms with Crippen molar-refractivity contribution in [1.82, 2.24) is 19.4 Å². The summed E-state index contributed by atoms with van der Waals surface area (Å²) in [7, 11) is 1.29. The molecular formula is C24H26N4O5S. The van der Waals surface area contributed by atoms with E-state index in [2.05, 4.69) is 9.97 Å². The Labute approximate surface area is 201 Å². The first-order chi connectivity index (χ1) is 16.4. The van der Waals surface area contributed by atoms with Gasteiger partial charge in [0.05, 0.1) is 17.8 Å². The quantitative estimate of drug-likeness (QED) is 0.498. The Hall–Kier alpha value is -3.53. The van der Waals surface area contributed by atoms with Crippen LogP contribution in [0.2, 0.25) is 0 Å². The summed E-state index contributed by atoms with van der Waals surface area (Å²) in [6.07, 6.45) is 1.94. The summed E-state index contributed by atoms with van der Waals surface area (Å²) < 4.78 is 12.4. The molecule has 0 unspecified atom stereocenters. The fraction of sp³-hybridized carbons (Fsp3) is 0.375. The van der Waals surface area contributed by atoms with Crippen molar-refractivity contribution in [3.8, 4) is 5.75 Å². The van der Waals surface area contributed by atoms with Gasteiger partial charge < -0.3 is 18.9 Å². The number of esters is 1. The van der Waals surface area contributed by atoms with Gasteiger partial charge in [0.15, 0.2) is 0 Å². The van der Waals surface area contributed by atoms with Gasteiger partial charge in [-0.1, -0.05) is 19.9 Å². The lowest BCUT2D eigenvalue weighted by Gasteiger charge is -2.18. The van der Waals surface area contributed by atoms with Crippen LogP contribution < -0.4 is 10.3 Å². The van der Waals surface area contributed by atoms with Crippen molar-refractivity contribution in [3.05, 3.63) is 73.8 Å². The summed E-state index contributed by atoms with van der Waals surface area (Å²) in [6.45, 7) is 5.08. The maximum atomic E-state index is 13.1. The van der Waals surface area contributed by atoms with Gasteiger partial charge in [0.1, 0.15) is 23.6 Å². The predicted molar refractivity (Wildman–Crippen MR) is 126 cm³/mol. The summed E-state index contributed by atoms with van der Waals surface area (Å²) in [5.41, 5.74) is 1.45. The number of rotatable bonds is 6. The molecule has 34 heavy (non-hydrogen) atoms. The Balaban J connectivity index is 1.62. The zero-order chi connectivity index (χ0) is 24.2. The summed E-state index contributed by atoms with van der Waals surface area (Å²) in [5.74, 6) is -0.392. The monoisotopic (exact) mass is 482 g/mol. The van der Waals surface area contributed by atoms with E-state index in [1.54, 1.807) is 28.6 Å². The molecule has 1 amide bonds. The molecule has 10 heteroatoms. The van der Waals surface area contributed by atoms with Crippen LogP contribution in [0.1, 0.15) is 57.0 Å². The van der Waals surface area contributed by atoms with Gasteiger partial charge in [0.2, 0.25) is 0 Å². The molecule has 0 radical (unpaired) electrons. The molecule has 1 aliphatic heterocycles. The van der Waals surface area contributed by atoms with Gasteiger partial charge in [-0.05, 0) is 12.1 Å². The molecule has 0 N–H and O–H groups in total. The van der Waals surface area contributed by atoms with E-state index in [4.69, 9.17) is 9.47 Å². The molecule has 178 valence electrons. The van der Waals surface area contributed by atoms with Crippen molar-refractivity contribution < 1.29 is 19.1 Å². The summed E-state index contributed by atoms with van der Waals surface area (Å²) in [4.78, 5) is 49.1. The van der Waals surface area contributed by atoms with E-state index in [1.807, 2.05) is 19.9 Å². The van der Waals surface area contributed by atoms with Gasteiger partial charge in [-0.3, -0.25) is 14.6 Å². The maximum Gasteiger partial charge on any atom is 0.343 e. The molecule has 0 aliphatic carbocycles. The van der Waals surface area contributed by atoms with Gasteiger partial charge in [-0.15, -0.1) is 11.3 Å². The van der Waals surface area contributed by atoms with E-state index >= 15 is 0 Å². The van der Waals surface area contributed by atoms with Crippen LogP contribution in [0.4, 0.5) is 0 Å². The van der Waals surface area contributed by atoms with Gasteiger partial charge in [-0.25, -0.2) is 9.78 Å². The summed E-state index contributed by atoms with van der Waals surface area (Å²) in [6, 6.07) is 6.71. The average Bonchev–Trinajstić information content (AvgIpc) is 3.24. The normalized spacial score (nSPS) is 13.4. The molecule has 0 saturated carbocycles. The first-order valence-corrected chi connectivity index (χ1v) is 11.9. The number of thiazole rings is 1. The number of carbonyl (C=O) groups excluding carboxylic acids is 2. The van der Waals surface area contributed by atoms with Crippen molar-refractivity contribution in [3.63, 3.8) is 0 Å². The first kappa shape index (κ1) is 23.6. The van der Waals surface area contributed by atoms with Gasteiger partial charge in [-0.2, -0.15) is 0 Å². The van der Waals surface area contributed by atoms with E-state index in [1.165, 1.54) is 29.1 Å². The summed E-state index contributed by atoms with van der Waals surface area (Å²) >= 11 is 1.46. The van der Waals surface area contributed by atoms with E-state index < -0.39 is 5.97 Å². The van der Waals surface area contributed by atoms with Crippen molar-refractivity contribution in [2.45, 2.75) is 39.3 Å². The number of pyridine rings is 2. The molecule has 3 aromatic heterocycles. The third-order valence-corrected chi connectivity index (χ3v) is 6.75. The third-order valence-electron chi connectivity index (χ3n) is 5.61. The van der Waals surface area contributed by atoms with Crippen LogP contribution in [0.15, 0.2) is 40.6 Å². The van der Waals surface area contributed by atoms with Gasteiger partial charge >= 0.3 is 5.97 Å². The molecule has 0 atom stereocenters. The second-order valence-corrected chi connectivity index (χ2v) is 9.08. The highest BCUT2D eigenvalue weighted by atomic mass is 32.1. The number of nitrogens with zero attached hydrogens (tertiary/aromatic N) is 4. The molecule has 4 rings (SSSR count). The molecule has 0 aromatic carbocycles. The van der Waals surface area contributed by atoms with Crippen molar-refractivity contribution in [1.29, 1.82) is 0 Å². The highest BCUT2D eigenvalue weighted by Gasteiger charge is 2.28. The van der Waals surface area contributed by atoms with Gasteiger partial charge in [0.25, 0.3) is 11.5 Å². The minimum absolute atomic E-state index is 0.0976. The lowest BCUT2D eigenvalue weighted by molar-refractivity contribution is 0.0592. The highest BCUT2D eigenvalue weighted by Crippen LogP contribution is 2.26. The molecular weight excluding hydrogens is 456 g/mol. The predicted octanol–water partition coefficient (Wildman–Crippen LogP) is 2.89. The van der Waals surface area contributed by atoms with E-state index in [0.29, 0.717) is 36.6 Å². The molecule has 1 aliphatic rings. The Bertz CT molecular complexity index is 1250. The molecule has 0 fully saturated rings. The lowest BCUT2D eigenvalue weighted by Crippen LogP contribution is -2.34. The number of methoxy groups -OCH3 is 1. The smallest absolute Gasteiger partial charge is 0.343 e. The zero-order valence-electron chi connectivity index (χ0n) is 19.3. The van der Waals surface area contributed by atoms with Crippen LogP contribution >= 0.6 is 11.3 Å². The Morgan fingerprint density at radius 2 is 2.03 bits per heavy atom. The van der Waals surface area contributed by atoms with Gasteiger partial charge in [0, 0.05) is 55.3 Å². The number of carbonyl (C=O) groups is 2. The summed E-state index contributed by atoms with van der Waals surface area (Å²) in [5, 5.41) is 2.67. The molecule has 9 nitrogen and oxygen atoms in total. The van der Waals surface area contributed by atoms with Crippen LogP contribution in [0.3, 0.4) is 0 Å².